The van der Waals surface area contributed by atoms with E-state index in [1.807, 2.05) is 24.3 Å². The average Bonchev–Trinajstić information content (AvgIpc) is 3.06. The lowest BCUT2D eigenvalue weighted by molar-refractivity contribution is 0.292. The maximum Gasteiger partial charge on any atom is 0.129 e. The van der Waals surface area contributed by atoms with Crippen LogP contribution in [-0.4, -0.2) is 19.2 Å². The third-order valence-electron chi connectivity index (χ3n) is 4.02. The molecule has 0 amide bonds. The molecule has 1 saturated heterocycles. The quantitative estimate of drug-likeness (QED) is 0.714. The van der Waals surface area contributed by atoms with E-state index in [9.17, 15) is 0 Å². The lowest BCUT2D eigenvalue weighted by Crippen LogP contribution is -2.23. The summed E-state index contributed by atoms with van der Waals surface area (Å²) in [5.41, 5.74) is 12.5. The first-order valence-corrected chi connectivity index (χ1v) is 8.00. The van der Waals surface area contributed by atoms with Crippen LogP contribution in [0.3, 0.4) is 0 Å². The van der Waals surface area contributed by atoms with Crippen molar-refractivity contribution in [2.45, 2.75) is 25.3 Å². The fraction of sp³-hybridized carbons (Fsp3) is 0.333. The number of hydrogen-bond acceptors (Lipinski definition) is 5. The van der Waals surface area contributed by atoms with Crippen LogP contribution >= 0.6 is 0 Å². The molecule has 0 spiro atoms. The van der Waals surface area contributed by atoms with Crippen molar-refractivity contribution in [3.8, 4) is 17.2 Å². The maximum atomic E-state index is 5.78. The van der Waals surface area contributed by atoms with Crippen molar-refractivity contribution in [1.29, 1.82) is 0 Å². The Bertz CT molecular complexity index is 637. The zero-order chi connectivity index (χ0) is 16.1. The highest BCUT2D eigenvalue weighted by molar-refractivity contribution is 5.65. The first kappa shape index (κ1) is 15.5. The van der Waals surface area contributed by atoms with Gasteiger partial charge >= 0.3 is 0 Å². The molecule has 0 aromatic heterocycles. The predicted molar refractivity (Wildman–Crippen MR) is 92.9 cm³/mol. The molecule has 5 nitrogen and oxygen atoms in total. The second kappa shape index (κ2) is 7.24. The van der Waals surface area contributed by atoms with E-state index in [2.05, 4.69) is 5.32 Å². The van der Waals surface area contributed by atoms with E-state index in [0.717, 1.165) is 31.1 Å². The number of benzene rings is 2. The van der Waals surface area contributed by atoms with Gasteiger partial charge < -0.3 is 26.3 Å². The zero-order valence-corrected chi connectivity index (χ0v) is 13.1. The van der Waals surface area contributed by atoms with Crippen LogP contribution < -0.4 is 26.3 Å². The summed E-state index contributed by atoms with van der Waals surface area (Å²) in [6.07, 6.45) is 3.57. The highest BCUT2D eigenvalue weighted by Crippen LogP contribution is 2.27. The Morgan fingerprint density at radius 2 is 1.70 bits per heavy atom. The second-order valence-corrected chi connectivity index (χ2v) is 5.79. The minimum atomic E-state index is 0.517. The molecular weight excluding hydrogens is 290 g/mol. The summed E-state index contributed by atoms with van der Waals surface area (Å²) in [5, 5.41) is 3.47. The van der Waals surface area contributed by atoms with E-state index >= 15 is 0 Å². The van der Waals surface area contributed by atoms with Gasteiger partial charge in [0.2, 0.25) is 0 Å². The number of nitrogens with two attached hydrogens (primary N) is 2. The van der Waals surface area contributed by atoms with Crippen molar-refractivity contribution in [2.75, 3.05) is 24.6 Å². The van der Waals surface area contributed by atoms with E-state index in [1.165, 1.54) is 12.8 Å². The van der Waals surface area contributed by atoms with Crippen molar-refractivity contribution in [3.05, 3.63) is 42.5 Å². The largest absolute Gasteiger partial charge is 0.494 e. The molecular formula is C18H23N3O2. The number of nitrogen functional groups attached to an aromatic ring is 2. The van der Waals surface area contributed by atoms with Crippen molar-refractivity contribution < 1.29 is 9.47 Å². The minimum absolute atomic E-state index is 0.517. The average molecular weight is 313 g/mol. The molecule has 23 heavy (non-hydrogen) atoms. The summed E-state index contributed by atoms with van der Waals surface area (Å²) in [6.45, 7) is 1.86. The first-order chi connectivity index (χ1) is 11.2. The van der Waals surface area contributed by atoms with E-state index in [-0.39, 0.29) is 0 Å². The topological polar surface area (TPSA) is 82.5 Å². The fourth-order valence-corrected chi connectivity index (χ4v) is 2.68. The van der Waals surface area contributed by atoms with Gasteiger partial charge in [0.1, 0.15) is 17.2 Å². The van der Waals surface area contributed by atoms with Gasteiger partial charge in [-0.2, -0.15) is 0 Å². The van der Waals surface area contributed by atoms with Gasteiger partial charge in [-0.25, -0.2) is 0 Å². The van der Waals surface area contributed by atoms with Crippen LogP contribution in [0.1, 0.15) is 19.3 Å². The summed E-state index contributed by atoms with van der Waals surface area (Å²) >= 11 is 0. The van der Waals surface area contributed by atoms with Gasteiger partial charge in [0, 0.05) is 12.1 Å². The maximum absolute atomic E-state index is 5.78. The molecule has 1 heterocycles. The van der Waals surface area contributed by atoms with Crippen LogP contribution in [0, 0.1) is 0 Å². The van der Waals surface area contributed by atoms with Crippen LogP contribution in [0.2, 0.25) is 0 Å². The number of anilines is 2. The molecule has 1 atom stereocenters. The molecule has 122 valence electrons. The Morgan fingerprint density at radius 1 is 0.957 bits per heavy atom. The molecule has 0 saturated carbocycles. The summed E-state index contributed by atoms with van der Waals surface area (Å²) < 4.78 is 11.5. The number of hydrogen-bond donors (Lipinski definition) is 3. The van der Waals surface area contributed by atoms with Gasteiger partial charge in [0.15, 0.2) is 0 Å². The van der Waals surface area contributed by atoms with Crippen LogP contribution in [-0.2, 0) is 0 Å². The number of rotatable bonds is 6. The smallest absolute Gasteiger partial charge is 0.129 e. The molecule has 5 heteroatoms. The normalized spacial score (nSPS) is 17.1. The number of ether oxygens (including phenoxy) is 2. The van der Waals surface area contributed by atoms with Gasteiger partial charge in [-0.05, 0) is 62.2 Å². The van der Waals surface area contributed by atoms with Gasteiger partial charge in [-0.3, -0.25) is 0 Å². The van der Waals surface area contributed by atoms with Crippen molar-refractivity contribution in [3.63, 3.8) is 0 Å². The standard InChI is InChI=1S/C18H23N3O2/c19-17-8-7-16(12-18(17)20)23-15-5-3-14(4-6-15)22-11-9-13-2-1-10-21-13/h3-8,12-13,21H,1-2,9-11,19-20H2. The Balaban J connectivity index is 1.50. The molecule has 1 aliphatic heterocycles. The monoisotopic (exact) mass is 313 g/mol. The number of nitrogens with one attached hydrogen (secondary N) is 1. The predicted octanol–water partition coefficient (Wildman–Crippen LogP) is 3.16. The summed E-state index contributed by atoms with van der Waals surface area (Å²) in [7, 11) is 0. The molecule has 2 aromatic rings. The molecule has 1 fully saturated rings. The molecule has 2 aromatic carbocycles. The molecule has 3 rings (SSSR count). The third-order valence-corrected chi connectivity index (χ3v) is 4.02. The Kier molecular flexibility index (Phi) is 4.88. The molecule has 1 aliphatic rings. The van der Waals surface area contributed by atoms with Gasteiger partial charge in [-0.15, -0.1) is 0 Å². The third kappa shape index (κ3) is 4.29. The highest BCUT2D eigenvalue weighted by Gasteiger charge is 2.13. The Labute approximate surface area is 136 Å². The van der Waals surface area contributed by atoms with E-state index in [4.69, 9.17) is 20.9 Å². The van der Waals surface area contributed by atoms with Gasteiger partial charge in [0.05, 0.1) is 18.0 Å². The summed E-state index contributed by atoms with van der Waals surface area (Å²) in [6, 6.07) is 13.5. The Hall–Kier alpha value is -2.40. The van der Waals surface area contributed by atoms with E-state index < -0.39 is 0 Å². The van der Waals surface area contributed by atoms with E-state index in [1.54, 1.807) is 18.2 Å². The molecule has 0 bridgehead atoms. The van der Waals surface area contributed by atoms with Crippen LogP contribution in [0.15, 0.2) is 42.5 Å². The van der Waals surface area contributed by atoms with E-state index in [0.29, 0.717) is 23.2 Å². The van der Waals surface area contributed by atoms with Crippen molar-refractivity contribution in [2.24, 2.45) is 0 Å². The van der Waals surface area contributed by atoms with Gasteiger partial charge in [0.25, 0.3) is 0 Å². The second-order valence-electron chi connectivity index (χ2n) is 5.79. The zero-order valence-electron chi connectivity index (χ0n) is 13.1. The summed E-state index contributed by atoms with van der Waals surface area (Å²) in [4.78, 5) is 0. The molecule has 1 unspecified atom stereocenters. The lowest BCUT2D eigenvalue weighted by Gasteiger charge is -2.12. The SMILES string of the molecule is Nc1ccc(Oc2ccc(OCCC3CCCN3)cc2)cc1N. The molecule has 0 aliphatic carbocycles. The highest BCUT2D eigenvalue weighted by atomic mass is 16.5. The fourth-order valence-electron chi connectivity index (χ4n) is 2.68. The van der Waals surface area contributed by atoms with Crippen molar-refractivity contribution >= 4 is 11.4 Å². The van der Waals surface area contributed by atoms with Crippen molar-refractivity contribution in [1.82, 2.24) is 5.32 Å². The lowest BCUT2D eigenvalue weighted by atomic mass is 10.2. The summed E-state index contributed by atoms with van der Waals surface area (Å²) in [5.74, 6) is 2.25. The molecule has 5 N–H and O–H groups in total. The van der Waals surface area contributed by atoms with Crippen LogP contribution in [0.25, 0.3) is 0 Å². The molecule has 0 radical (unpaired) electrons. The van der Waals surface area contributed by atoms with Gasteiger partial charge in [-0.1, -0.05) is 0 Å². The Morgan fingerprint density at radius 3 is 2.39 bits per heavy atom. The van der Waals surface area contributed by atoms with Crippen LogP contribution in [0.5, 0.6) is 17.2 Å². The minimum Gasteiger partial charge on any atom is -0.494 e. The van der Waals surface area contributed by atoms with Crippen LogP contribution in [0.4, 0.5) is 11.4 Å². The first-order valence-electron chi connectivity index (χ1n) is 8.00.